The largest absolute Gasteiger partial charge is 0.315 e. The lowest BCUT2D eigenvalue weighted by Gasteiger charge is -2.06. The fourth-order valence-electron chi connectivity index (χ4n) is 1.31. The summed E-state index contributed by atoms with van der Waals surface area (Å²) >= 11 is 3.39. The Hall–Kier alpha value is -0.610. The van der Waals surface area contributed by atoms with Crippen molar-refractivity contribution in [2.45, 2.75) is 19.4 Å². The standard InChI is InChI=1S/C11H17BrN2O/c12-6-2-3-7-13-8-10-14-9-4-1-5-11(14)15/h1,4-5,9,13H,2-3,6-8,10H2. The summed E-state index contributed by atoms with van der Waals surface area (Å²) in [6.07, 6.45) is 4.19. The van der Waals surface area contributed by atoms with Crippen LogP contribution in [0.25, 0.3) is 0 Å². The number of nitrogens with zero attached hydrogens (tertiary/aromatic N) is 1. The van der Waals surface area contributed by atoms with E-state index in [0.717, 1.165) is 25.0 Å². The molecule has 0 atom stereocenters. The zero-order valence-corrected chi connectivity index (χ0v) is 10.4. The molecule has 0 amide bonds. The Morgan fingerprint density at radius 3 is 2.87 bits per heavy atom. The molecule has 0 aliphatic heterocycles. The molecular weight excluding hydrogens is 256 g/mol. The summed E-state index contributed by atoms with van der Waals surface area (Å²) in [5.74, 6) is 0. The van der Waals surface area contributed by atoms with Crippen molar-refractivity contribution in [3.05, 3.63) is 34.7 Å². The number of hydrogen-bond acceptors (Lipinski definition) is 2. The number of unbranched alkanes of at least 4 members (excludes halogenated alkanes) is 1. The Labute approximate surface area is 98.6 Å². The Morgan fingerprint density at radius 2 is 2.13 bits per heavy atom. The van der Waals surface area contributed by atoms with Gasteiger partial charge in [0.2, 0.25) is 0 Å². The fourth-order valence-corrected chi connectivity index (χ4v) is 1.71. The molecule has 84 valence electrons. The molecule has 0 aliphatic carbocycles. The van der Waals surface area contributed by atoms with Crippen LogP contribution >= 0.6 is 15.9 Å². The van der Waals surface area contributed by atoms with E-state index in [9.17, 15) is 4.79 Å². The van der Waals surface area contributed by atoms with Crippen LogP contribution in [0.5, 0.6) is 0 Å². The monoisotopic (exact) mass is 272 g/mol. The third-order valence-corrected chi connectivity index (χ3v) is 2.73. The molecule has 3 nitrogen and oxygen atoms in total. The molecule has 0 unspecified atom stereocenters. The number of nitrogens with one attached hydrogen (secondary N) is 1. The van der Waals surface area contributed by atoms with E-state index in [4.69, 9.17) is 0 Å². The maximum absolute atomic E-state index is 11.3. The van der Waals surface area contributed by atoms with Crippen molar-refractivity contribution < 1.29 is 0 Å². The van der Waals surface area contributed by atoms with E-state index >= 15 is 0 Å². The van der Waals surface area contributed by atoms with Crippen molar-refractivity contribution in [1.29, 1.82) is 0 Å². The van der Waals surface area contributed by atoms with Crippen LogP contribution in [0.3, 0.4) is 0 Å². The van der Waals surface area contributed by atoms with E-state index in [0.29, 0.717) is 0 Å². The first-order chi connectivity index (χ1) is 7.34. The molecule has 0 radical (unpaired) electrons. The van der Waals surface area contributed by atoms with E-state index in [-0.39, 0.29) is 5.56 Å². The molecule has 1 heterocycles. The van der Waals surface area contributed by atoms with Crippen molar-refractivity contribution in [2.24, 2.45) is 0 Å². The van der Waals surface area contributed by atoms with Gasteiger partial charge in [0.15, 0.2) is 0 Å². The first kappa shape index (κ1) is 12.5. The van der Waals surface area contributed by atoms with Gasteiger partial charge in [0.1, 0.15) is 0 Å². The number of halogens is 1. The van der Waals surface area contributed by atoms with Crippen molar-refractivity contribution >= 4 is 15.9 Å². The molecule has 4 heteroatoms. The normalized spacial score (nSPS) is 10.5. The Kier molecular flexibility index (Phi) is 6.36. The number of aromatic nitrogens is 1. The smallest absolute Gasteiger partial charge is 0.250 e. The minimum absolute atomic E-state index is 0.0692. The Balaban J connectivity index is 2.15. The molecule has 0 aliphatic rings. The second-order valence-electron chi connectivity index (χ2n) is 3.38. The average Bonchev–Trinajstić information content (AvgIpc) is 2.25. The predicted octanol–water partition coefficient (Wildman–Crippen LogP) is 1.61. The van der Waals surface area contributed by atoms with Gasteiger partial charge in [0, 0.05) is 30.7 Å². The van der Waals surface area contributed by atoms with Gasteiger partial charge in [-0.15, -0.1) is 0 Å². The Morgan fingerprint density at radius 1 is 1.27 bits per heavy atom. The van der Waals surface area contributed by atoms with Gasteiger partial charge in [-0.3, -0.25) is 4.79 Å². The van der Waals surface area contributed by atoms with Crippen LogP contribution in [-0.2, 0) is 6.54 Å². The summed E-state index contributed by atoms with van der Waals surface area (Å²) in [6.45, 7) is 2.62. The summed E-state index contributed by atoms with van der Waals surface area (Å²) in [5, 5.41) is 4.38. The van der Waals surface area contributed by atoms with Crippen LogP contribution in [0, 0.1) is 0 Å². The maximum Gasteiger partial charge on any atom is 0.250 e. The van der Waals surface area contributed by atoms with Crippen LogP contribution in [0.15, 0.2) is 29.2 Å². The number of rotatable bonds is 7. The van der Waals surface area contributed by atoms with E-state index < -0.39 is 0 Å². The lowest BCUT2D eigenvalue weighted by atomic mass is 10.3. The van der Waals surface area contributed by atoms with Gasteiger partial charge < -0.3 is 9.88 Å². The zero-order valence-electron chi connectivity index (χ0n) is 8.79. The van der Waals surface area contributed by atoms with Gasteiger partial charge in [0.05, 0.1) is 0 Å². The molecule has 1 rings (SSSR count). The highest BCUT2D eigenvalue weighted by Crippen LogP contribution is 1.91. The third-order valence-electron chi connectivity index (χ3n) is 2.17. The first-order valence-corrected chi connectivity index (χ1v) is 6.39. The van der Waals surface area contributed by atoms with Crippen molar-refractivity contribution in [3.63, 3.8) is 0 Å². The number of pyridine rings is 1. The zero-order chi connectivity index (χ0) is 10.9. The van der Waals surface area contributed by atoms with Crippen LogP contribution in [0.2, 0.25) is 0 Å². The van der Waals surface area contributed by atoms with Crippen LogP contribution in [-0.4, -0.2) is 23.0 Å². The summed E-state index contributed by atoms with van der Waals surface area (Å²) < 4.78 is 1.72. The maximum atomic E-state index is 11.3. The molecule has 0 saturated carbocycles. The quantitative estimate of drug-likeness (QED) is 0.605. The molecule has 1 aromatic heterocycles. The minimum atomic E-state index is 0.0692. The third kappa shape index (κ3) is 5.14. The van der Waals surface area contributed by atoms with E-state index in [1.807, 2.05) is 12.3 Å². The number of alkyl halides is 1. The lowest BCUT2D eigenvalue weighted by Crippen LogP contribution is -2.26. The van der Waals surface area contributed by atoms with E-state index in [1.165, 1.54) is 12.8 Å². The highest BCUT2D eigenvalue weighted by Gasteiger charge is 1.92. The van der Waals surface area contributed by atoms with Gasteiger partial charge in [-0.25, -0.2) is 0 Å². The summed E-state index contributed by atoms with van der Waals surface area (Å²) in [6, 6.07) is 5.24. The molecule has 0 spiro atoms. The fraction of sp³-hybridized carbons (Fsp3) is 0.545. The molecule has 15 heavy (non-hydrogen) atoms. The summed E-state index contributed by atoms with van der Waals surface area (Å²) in [7, 11) is 0. The Bertz CT molecular complexity index is 324. The van der Waals surface area contributed by atoms with Gasteiger partial charge >= 0.3 is 0 Å². The van der Waals surface area contributed by atoms with Gasteiger partial charge in [0.25, 0.3) is 5.56 Å². The second-order valence-corrected chi connectivity index (χ2v) is 4.17. The highest BCUT2D eigenvalue weighted by atomic mass is 79.9. The van der Waals surface area contributed by atoms with Crippen molar-refractivity contribution in [1.82, 2.24) is 9.88 Å². The summed E-state index contributed by atoms with van der Waals surface area (Å²) in [5.41, 5.74) is 0.0692. The molecule has 1 N–H and O–H groups in total. The molecule has 0 bridgehead atoms. The summed E-state index contributed by atoms with van der Waals surface area (Å²) in [4.78, 5) is 11.3. The van der Waals surface area contributed by atoms with Crippen LogP contribution in [0.1, 0.15) is 12.8 Å². The molecule has 0 saturated heterocycles. The first-order valence-electron chi connectivity index (χ1n) is 5.27. The van der Waals surface area contributed by atoms with E-state index in [1.54, 1.807) is 16.7 Å². The van der Waals surface area contributed by atoms with Crippen molar-refractivity contribution in [2.75, 3.05) is 18.4 Å². The molecule has 0 fully saturated rings. The topological polar surface area (TPSA) is 34.0 Å². The molecular formula is C11H17BrN2O. The predicted molar refractivity (Wildman–Crippen MR) is 66.6 cm³/mol. The van der Waals surface area contributed by atoms with Crippen LogP contribution in [0.4, 0.5) is 0 Å². The minimum Gasteiger partial charge on any atom is -0.315 e. The average molecular weight is 273 g/mol. The highest BCUT2D eigenvalue weighted by molar-refractivity contribution is 9.09. The number of hydrogen-bond donors (Lipinski definition) is 1. The van der Waals surface area contributed by atoms with Crippen molar-refractivity contribution in [3.8, 4) is 0 Å². The van der Waals surface area contributed by atoms with Crippen LogP contribution < -0.4 is 10.9 Å². The van der Waals surface area contributed by atoms with E-state index in [2.05, 4.69) is 21.2 Å². The van der Waals surface area contributed by atoms with Gasteiger partial charge in [-0.1, -0.05) is 22.0 Å². The van der Waals surface area contributed by atoms with Gasteiger partial charge in [-0.2, -0.15) is 0 Å². The molecule has 1 aromatic rings. The second kappa shape index (κ2) is 7.65. The molecule has 0 aromatic carbocycles. The van der Waals surface area contributed by atoms with Gasteiger partial charge in [-0.05, 0) is 25.5 Å². The lowest BCUT2D eigenvalue weighted by molar-refractivity contribution is 0.571. The SMILES string of the molecule is O=c1ccccn1CCNCCCCBr.